The molecule has 1 unspecified atom stereocenters. The number of aromatic amines is 1. The van der Waals surface area contributed by atoms with Crippen LogP contribution in [-0.2, 0) is 4.79 Å². The summed E-state index contributed by atoms with van der Waals surface area (Å²) in [4.78, 5) is 24.8. The molecule has 8 heteroatoms. The number of ether oxygens (including phenoxy) is 1. The topological polar surface area (TPSA) is 81.2 Å². The van der Waals surface area contributed by atoms with Crippen LogP contribution in [0.5, 0.6) is 11.5 Å². The largest absolute Gasteiger partial charge is 0.480 e. The first-order chi connectivity index (χ1) is 17.1. The summed E-state index contributed by atoms with van der Waals surface area (Å²) in [7, 11) is 0. The highest BCUT2D eigenvalue weighted by Crippen LogP contribution is 2.38. The number of carboxylic acids is 1. The smallest absolute Gasteiger partial charge is 0.325 e. The van der Waals surface area contributed by atoms with E-state index in [-0.39, 0.29) is 0 Å². The standard InChI is InChI=1S/C27H23ClN4O3/c28-17-9-10-18-20(16-29-22(18)15-17)25(27(33)34)31-11-13-32(14-12-31)26-19-5-1-3-7-23(19)35-24-8-4-2-6-21(24)30-26/h1-10,15-16,25,29H,11-14H2,(H,33,34). The van der Waals surface area contributed by atoms with Gasteiger partial charge >= 0.3 is 5.97 Å². The molecule has 2 aliphatic rings. The predicted molar refractivity (Wildman–Crippen MR) is 136 cm³/mol. The molecule has 4 aromatic rings. The minimum absolute atomic E-state index is 0.584. The maximum Gasteiger partial charge on any atom is 0.325 e. The molecule has 35 heavy (non-hydrogen) atoms. The van der Waals surface area contributed by atoms with E-state index in [4.69, 9.17) is 21.3 Å². The number of hydrogen-bond donors (Lipinski definition) is 2. The van der Waals surface area contributed by atoms with Gasteiger partial charge in [0.25, 0.3) is 0 Å². The Bertz CT molecular complexity index is 1460. The van der Waals surface area contributed by atoms with E-state index in [1.54, 1.807) is 12.3 Å². The van der Waals surface area contributed by atoms with Gasteiger partial charge in [0.2, 0.25) is 0 Å². The van der Waals surface area contributed by atoms with E-state index in [0.717, 1.165) is 45.1 Å². The van der Waals surface area contributed by atoms with Crippen molar-refractivity contribution in [2.75, 3.05) is 26.2 Å². The molecule has 1 saturated heterocycles. The summed E-state index contributed by atoms with van der Waals surface area (Å²) in [5, 5.41) is 11.7. The normalized spacial score (nSPS) is 16.6. The molecule has 2 aliphatic heterocycles. The lowest BCUT2D eigenvalue weighted by Crippen LogP contribution is -2.51. The third-order valence-corrected chi connectivity index (χ3v) is 6.86. The Morgan fingerprint density at radius 1 is 1.00 bits per heavy atom. The predicted octanol–water partition coefficient (Wildman–Crippen LogP) is 5.45. The second-order valence-corrected chi connectivity index (χ2v) is 9.14. The van der Waals surface area contributed by atoms with Crippen LogP contribution in [0.3, 0.4) is 0 Å². The number of halogens is 1. The summed E-state index contributed by atoms with van der Waals surface area (Å²) in [6.07, 6.45) is 1.78. The fraction of sp³-hybridized carbons (Fsp3) is 0.185. The second kappa shape index (κ2) is 8.76. The molecule has 3 heterocycles. The number of aliphatic imine (C=N–C) groups is 1. The Labute approximate surface area is 207 Å². The molecule has 1 atom stereocenters. The Balaban J connectivity index is 1.29. The first-order valence-electron chi connectivity index (χ1n) is 11.5. The third kappa shape index (κ3) is 3.92. The van der Waals surface area contributed by atoms with Gasteiger partial charge in [-0.15, -0.1) is 0 Å². The number of nitrogens with zero attached hydrogens (tertiary/aromatic N) is 3. The minimum Gasteiger partial charge on any atom is -0.480 e. The first-order valence-corrected chi connectivity index (χ1v) is 11.9. The zero-order valence-corrected chi connectivity index (χ0v) is 19.6. The van der Waals surface area contributed by atoms with Gasteiger partial charge in [-0.05, 0) is 36.4 Å². The fourth-order valence-electron chi connectivity index (χ4n) is 4.93. The molecule has 0 amide bonds. The van der Waals surface area contributed by atoms with Crippen LogP contribution in [0.25, 0.3) is 10.9 Å². The molecule has 3 aromatic carbocycles. The SMILES string of the molecule is O=C(O)C(c1c[nH]c2cc(Cl)ccc12)N1CCN(C2=Nc3ccccc3Oc3ccccc32)CC1. The highest BCUT2D eigenvalue weighted by atomic mass is 35.5. The summed E-state index contributed by atoms with van der Waals surface area (Å²) in [5.74, 6) is 1.46. The number of para-hydroxylation sites is 3. The number of carbonyl (C=O) groups is 1. The quantitative estimate of drug-likeness (QED) is 0.402. The van der Waals surface area contributed by atoms with Gasteiger partial charge in [-0.25, -0.2) is 4.99 Å². The van der Waals surface area contributed by atoms with E-state index in [1.165, 1.54) is 0 Å². The average molecular weight is 487 g/mol. The Morgan fingerprint density at radius 3 is 2.54 bits per heavy atom. The van der Waals surface area contributed by atoms with Crippen LogP contribution < -0.4 is 4.74 Å². The number of benzene rings is 3. The lowest BCUT2D eigenvalue weighted by Gasteiger charge is -2.39. The fourth-order valence-corrected chi connectivity index (χ4v) is 5.11. The summed E-state index contributed by atoms with van der Waals surface area (Å²) in [5.41, 5.74) is 3.29. The van der Waals surface area contributed by atoms with Crippen LogP contribution in [0.4, 0.5) is 5.69 Å². The molecule has 1 fully saturated rings. The number of aliphatic carboxylic acids is 1. The van der Waals surface area contributed by atoms with Crippen molar-refractivity contribution in [1.82, 2.24) is 14.8 Å². The van der Waals surface area contributed by atoms with E-state index in [2.05, 4.69) is 9.88 Å². The molecule has 6 rings (SSSR count). The summed E-state index contributed by atoms with van der Waals surface area (Å²) in [6, 6.07) is 20.4. The summed E-state index contributed by atoms with van der Waals surface area (Å²) in [6.45, 7) is 2.46. The van der Waals surface area contributed by atoms with Crippen LogP contribution in [-0.4, -0.2) is 57.9 Å². The molecule has 176 valence electrons. The van der Waals surface area contributed by atoms with Crippen molar-refractivity contribution < 1.29 is 14.6 Å². The van der Waals surface area contributed by atoms with Gasteiger partial charge in [-0.3, -0.25) is 9.69 Å². The molecular weight excluding hydrogens is 464 g/mol. The number of hydrogen-bond acceptors (Lipinski definition) is 5. The monoisotopic (exact) mass is 486 g/mol. The molecule has 0 bridgehead atoms. The van der Waals surface area contributed by atoms with E-state index >= 15 is 0 Å². The number of H-pyrrole nitrogens is 1. The number of carboxylic acid groups (broad SMARTS) is 1. The maximum absolute atomic E-state index is 12.4. The number of rotatable bonds is 3. The Morgan fingerprint density at radius 2 is 1.74 bits per heavy atom. The number of fused-ring (bicyclic) bond motifs is 3. The molecule has 0 aliphatic carbocycles. The molecule has 1 aromatic heterocycles. The highest BCUT2D eigenvalue weighted by molar-refractivity contribution is 6.31. The lowest BCUT2D eigenvalue weighted by molar-refractivity contribution is -0.144. The van der Waals surface area contributed by atoms with E-state index in [9.17, 15) is 9.90 Å². The van der Waals surface area contributed by atoms with Crippen molar-refractivity contribution in [2.45, 2.75) is 6.04 Å². The van der Waals surface area contributed by atoms with Gasteiger partial charge in [0, 0.05) is 53.9 Å². The number of piperazine rings is 1. The van der Waals surface area contributed by atoms with Crippen LogP contribution in [0.2, 0.25) is 5.02 Å². The van der Waals surface area contributed by atoms with Crippen LogP contribution >= 0.6 is 11.6 Å². The van der Waals surface area contributed by atoms with Crippen molar-refractivity contribution in [3.63, 3.8) is 0 Å². The van der Waals surface area contributed by atoms with Gasteiger partial charge in [-0.1, -0.05) is 41.9 Å². The van der Waals surface area contributed by atoms with Crippen molar-refractivity contribution in [3.05, 3.63) is 89.1 Å². The van der Waals surface area contributed by atoms with E-state index in [1.807, 2.05) is 65.6 Å². The molecular formula is C27H23ClN4O3. The van der Waals surface area contributed by atoms with Crippen molar-refractivity contribution in [2.24, 2.45) is 4.99 Å². The number of nitrogens with one attached hydrogen (secondary N) is 1. The third-order valence-electron chi connectivity index (χ3n) is 6.62. The zero-order valence-electron chi connectivity index (χ0n) is 18.8. The lowest BCUT2D eigenvalue weighted by atomic mass is 10.0. The molecule has 0 saturated carbocycles. The van der Waals surface area contributed by atoms with Gasteiger partial charge in [0.15, 0.2) is 5.75 Å². The van der Waals surface area contributed by atoms with Gasteiger partial charge in [0.05, 0.1) is 5.56 Å². The van der Waals surface area contributed by atoms with Crippen molar-refractivity contribution in [3.8, 4) is 11.5 Å². The van der Waals surface area contributed by atoms with Gasteiger partial charge in [0.1, 0.15) is 23.3 Å². The molecule has 0 radical (unpaired) electrons. The van der Waals surface area contributed by atoms with Crippen LogP contribution in [0, 0.1) is 0 Å². The minimum atomic E-state index is -0.867. The Kier molecular flexibility index (Phi) is 5.43. The Hall–Kier alpha value is -3.81. The van der Waals surface area contributed by atoms with Crippen LogP contribution in [0.15, 0.2) is 77.9 Å². The van der Waals surface area contributed by atoms with E-state index < -0.39 is 12.0 Å². The van der Waals surface area contributed by atoms with Crippen molar-refractivity contribution >= 4 is 40.0 Å². The second-order valence-electron chi connectivity index (χ2n) is 8.70. The zero-order chi connectivity index (χ0) is 23.9. The van der Waals surface area contributed by atoms with Crippen molar-refractivity contribution in [1.29, 1.82) is 0 Å². The first kappa shape index (κ1) is 21.7. The summed E-state index contributed by atoms with van der Waals surface area (Å²) < 4.78 is 6.17. The van der Waals surface area contributed by atoms with Gasteiger partial charge in [-0.2, -0.15) is 0 Å². The van der Waals surface area contributed by atoms with Gasteiger partial charge < -0.3 is 19.7 Å². The molecule has 2 N–H and O–H groups in total. The highest BCUT2D eigenvalue weighted by Gasteiger charge is 2.34. The molecule has 0 spiro atoms. The van der Waals surface area contributed by atoms with E-state index in [0.29, 0.717) is 31.2 Å². The number of aromatic nitrogens is 1. The molecule has 7 nitrogen and oxygen atoms in total. The number of amidine groups is 1. The van der Waals surface area contributed by atoms with Crippen LogP contribution in [0.1, 0.15) is 17.2 Å². The summed E-state index contributed by atoms with van der Waals surface area (Å²) >= 11 is 6.12. The average Bonchev–Trinajstić information content (AvgIpc) is 3.18. The maximum atomic E-state index is 12.4.